The number of benzene rings is 3. The van der Waals surface area contributed by atoms with E-state index in [9.17, 15) is 19.2 Å². The molecule has 0 heterocycles. The fourth-order valence-electron chi connectivity index (χ4n) is 4.34. The number of hydrogen-bond donors (Lipinski definition) is 3. The van der Waals surface area contributed by atoms with Crippen molar-refractivity contribution in [3.8, 4) is 0 Å². The van der Waals surface area contributed by atoms with Crippen molar-refractivity contribution in [2.24, 2.45) is 0 Å². The molecule has 0 fully saturated rings. The van der Waals surface area contributed by atoms with Crippen LogP contribution in [0, 0.1) is 6.92 Å². The molecule has 1 atom stereocenters. The highest BCUT2D eigenvalue weighted by molar-refractivity contribution is 6.31. The molecule has 252 valence electrons. The zero-order valence-corrected chi connectivity index (χ0v) is 28.2. The first-order valence-corrected chi connectivity index (χ1v) is 16.0. The Labute approximate surface area is 281 Å². The maximum atomic E-state index is 13.0. The van der Waals surface area contributed by atoms with Gasteiger partial charge in [0.05, 0.1) is 6.42 Å². The maximum absolute atomic E-state index is 13.0. The standard InChI is InChI=1S/C36H44ClN3O7/c1-25-12-14-27(15-13-25)22-39-32(41)21-26-16-18-28(19-17-26)23-45-33(42)31(40-35(44)47-36(2,3)4)11-7-8-20-38-34(43)46-24-29-9-5-6-10-30(29)37/h5-6,9-10,12-19,31H,7-8,11,20-24H2,1-4H3,(H,38,43)(H,39,41)(H,40,44)/t31-/m0/s1. The average molecular weight is 666 g/mol. The summed E-state index contributed by atoms with van der Waals surface area (Å²) in [5.41, 5.74) is 3.71. The van der Waals surface area contributed by atoms with Crippen molar-refractivity contribution in [2.75, 3.05) is 6.54 Å². The Bertz CT molecular complexity index is 1470. The molecule has 0 aliphatic rings. The van der Waals surface area contributed by atoms with Gasteiger partial charge >= 0.3 is 18.2 Å². The molecule has 3 aromatic carbocycles. The second-order valence-electron chi connectivity index (χ2n) is 12.2. The number of carbonyl (C=O) groups is 4. The average Bonchev–Trinajstić information content (AvgIpc) is 3.02. The Morgan fingerprint density at radius 1 is 0.766 bits per heavy atom. The van der Waals surface area contributed by atoms with E-state index in [1.807, 2.05) is 49.4 Å². The molecule has 47 heavy (non-hydrogen) atoms. The molecule has 0 unspecified atom stereocenters. The van der Waals surface area contributed by atoms with Crippen LogP contribution in [0.2, 0.25) is 5.02 Å². The molecule has 0 spiro atoms. The molecule has 0 aliphatic heterocycles. The summed E-state index contributed by atoms with van der Waals surface area (Å²) < 4.78 is 16.1. The highest BCUT2D eigenvalue weighted by Crippen LogP contribution is 2.16. The van der Waals surface area contributed by atoms with Crippen LogP contribution < -0.4 is 16.0 Å². The number of rotatable bonds is 15. The third-order valence-electron chi connectivity index (χ3n) is 6.86. The van der Waals surface area contributed by atoms with Crippen LogP contribution in [0.5, 0.6) is 0 Å². The molecular formula is C36H44ClN3O7. The Kier molecular flexibility index (Phi) is 14.6. The summed E-state index contributed by atoms with van der Waals surface area (Å²) in [5.74, 6) is -0.701. The Morgan fingerprint density at radius 3 is 2.11 bits per heavy atom. The van der Waals surface area contributed by atoms with E-state index in [1.54, 1.807) is 51.1 Å². The fourth-order valence-corrected chi connectivity index (χ4v) is 4.53. The highest BCUT2D eigenvalue weighted by atomic mass is 35.5. The number of unbranched alkanes of at least 4 members (excludes halogenated alkanes) is 1. The molecule has 3 rings (SSSR count). The zero-order chi connectivity index (χ0) is 34.2. The number of aryl methyl sites for hydroxylation is 1. The van der Waals surface area contributed by atoms with Gasteiger partial charge in [-0.1, -0.05) is 83.9 Å². The number of nitrogens with one attached hydrogen (secondary N) is 3. The van der Waals surface area contributed by atoms with E-state index in [2.05, 4.69) is 16.0 Å². The molecule has 0 saturated heterocycles. The number of amides is 3. The highest BCUT2D eigenvalue weighted by Gasteiger charge is 2.25. The van der Waals surface area contributed by atoms with E-state index in [-0.39, 0.29) is 32.0 Å². The van der Waals surface area contributed by atoms with E-state index < -0.39 is 29.8 Å². The van der Waals surface area contributed by atoms with Gasteiger partial charge in [-0.2, -0.15) is 0 Å². The number of alkyl carbamates (subject to hydrolysis) is 2. The van der Waals surface area contributed by atoms with Crippen LogP contribution in [0.15, 0.2) is 72.8 Å². The van der Waals surface area contributed by atoms with Gasteiger partial charge in [0.2, 0.25) is 5.91 Å². The van der Waals surface area contributed by atoms with E-state index in [0.29, 0.717) is 36.5 Å². The minimum absolute atomic E-state index is 0.00986. The summed E-state index contributed by atoms with van der Waals surface area (Å²) in [5, 5.41) is 8.71. The van der Waals surface area contributed by atoms with Crippen molar-refractivity contribution in [3.05, 3.63) is 106 Å². The molecule has 10 nitrogen and oxygen atoms in total. The van der Waals surface area contributed by atoms with Gasteiger partial charge in [-0.05, 0) is 69.7 Å². The lowest BCUT2D eigenvalue weighted by Crippen LogP contribution is -2.44. The van der Waals surface area contributed by atoms with Crippen molar-refractivity contribution < 1.29 is 33.4 Å². The van der Waals surface area contributed by atoms with Crippen LogP contribution in [0.1, 0.15) is 67.9 Å². The van der Waals surface area contributed by atoms with Crippen molar-refractivity contribution in [3.63, 3.8) is 0 Å². The quantitative estimate of drug-likeness (QED) is 0.0954. The van der Waals surface area contributed by atoms with Crippen LogP contribution in [-0.4, -0.2) is 42.3 Å². The van der Waals surface area contributed by atoms with Gasteiger partial charge in [-0.3, -0.25) is 4.79 Å². The van der Waals surface area contributed by atoms with Crippen molar-refractivity contribution in [2.45, 2.75) is 84.8 Å². The van der Waals surface area contributed by atoms with Gasteiger partial charge in [0.25, 0.3) is 0 Å². The van der Waals surface area contributed by atoms with E-state index in [0.717, 1.165) is 22.3 Å². The summed E-state index contributed by atoms with van der Waals surface area (Å²) in [7, 11) is 0. The molecule has 0 radical (unpaired) electrons. The Hall–Kier alpha value is -4.57. The van der Waals surface area contributed by atoms with Crippen molar-refractivity contribution in [1.29, 1.82) is 0 Å². The van der Waals surface area contributed by atoms with Gasteiger partial charge in [0.1, 0.15) is 24.9 Å². The first kappa shape index (κ1) is 36.9. The second kappa shape index (κ2) is 18.5. The number of hydrogen-bond acceptors (Lipinski definition) is 7. The fraction of sp³-hybridized carbons (Fsp3) is 0.389. The van der Waals surface area contributed by atoms with Gasteiger partial charge < -0.3 is 30.2 Å². The molecular weight excluding hydrogens is 622 g/mol. The number of esters is 1. The summed E-state index contributed by atoms with van der Waals surface area (Å²) in [4.78, 5) is 49.9. The van der Waals surface area contributed by atoms with Gasteiger partial charge in [0, 0.05) is 23.7 Å². The minimum Gasteiger partial charge on any atom is -0.459 e. The SMILES string of the molecule is Cc1ccc(CNC(=O)Cc2ccc(COC(=O)[C@H](CCCCNC(=O)OCc3ccccc3Cl)NC(=O)OC(C)(C)C)cc2)cc1. The summed E-state index contributed by atoms with van der Waals surface area (Å²) in [6.07, 6.45) is 0.210. The van der Waals surface area contributed by atoms with E-state index in [1.165, 1.54) is 0 Å². The Balaban J connectivity index is 1.43. The molecule has 0 bridgehead atoms. The molecule has 11 heteroatoms. The lowest BCUT2D eigenvalue weighted by molar-refractivity contribution is -0.147. The second-order valence-corrected chi connectivity index (χ2v) is 12.6. The molecule has 3 N–H and O–H groups in total. The first-order valence-electron chi connectivity index (χ1n) is 15.6. The Morgan fingerprint density at radius 2 is 1.43 bits per heavy atom. The van der Waals surface area contributed by atoms with E-state index >= 15 is 0 Å². The number of halogens is 1. The smallest absolute Gasteiger partial charge is 0.408 e. The number of carbonyl (C=O) groups excluding carboxylic acids is 4. The molecule has 0 aliphatic carbocycles. The minimum atomic E-state index is -0.950. The predicted octanol–water partition coefficient (Wildman–Crippen LogP) is 6.54. The molecule has 0 saturated carbocycles. The number of ether oxygens (including phenoxy) is 3. The monoisotopic (exact) mass is 665 g/mol. The summed E-state index contributed by atoms with van der Waals surface area (Å²) in [6.45, 7) is 8.01. The molecule has 3 amide bonds. The predicted molar refractivity (Wildman–Crippen MR) is 180 cm³/mol. The lowest BCUT2D eigenvalue weighted by atomic mass is 10.1. The normalized spacial score (nSPS) is 11.6. The van der Waals surface area contributed by atoms with Crippen LogP contribution in [0.4, 0.5) is 9.59 Å². The van der Waals surface area contributed by atoms with Crippen LogP contribution in [0.25, 0.3) is 0 Å². The van der Waals surface area contributed by atoms with Gasteiger partial charge in [0.15, 0.2) is 0 Å². The van der Waals surface area contributed by atoms with Crippen LogP contribution in [0.3, 0.4) is 0 Å². The third kappa shape index (κ3) is 14.6. The largest absolute Gasteiger partial charge is 0.459 e. The maximum Gasteiger partial charge on any atom is 0.408 e. The summed E-state index contributed by atoms with van der Waals surface area (Å²) in [6, 6.07) is 21.4. The third-order valence-corrected chi connectivity index (χ3v) is 7.23. The van der Waals surface area contributed by atoms with Crippen LogP contribution >= 0.6 is 11.6 Å². The topological polar surface area (TPSA) is 132 Å². The lowest BCUT2D eigenvalue weighted by Gasteiger charge is -2.23. The van der Waals surface area contributed by atoms with Crippen LogP contribution in [-0.2, 0) is 50.0 Å². The van der Waals surface area contributed by atoms with E-state index in [4.69, 9.17) is 25.8 Å². The summed E-state index contributed by atoms with van der Waals surface area (Å²) >= 11 is 6.09. The first-order chi connectivity index (χ1) is 22.4. The van der Waals surface area contributed by atoms with Gasteiger partial charge in [-0.25, -0.2) is 14.4 Å². The molecule has 3 aromatic rings. The van der Waals surface area contributed by atoms with Gasteiger partial charge in [-0.15, -0.1) is 0 Å². The van der Waals surface area contributed by atoms with Crippen molar-refractivity contribution >= 4 is 35.7 Å². The molecule has 0 aromatic heterocycles. The van der Waals surface area contributed by atoms with Crippen molar-refractivity contribution in [1.82, 2.24) is 16.0 Å². The zero-order valence-electron chi connectivity index (χ0n) is 27.4.